The summed E-state index contributed by atoms with van der Waals surface area (Å²) in [6.45, 7) is -1.28. The Morgan fingerprint density at radius 1 is 1.04 bits per heavy atom. The second-order valence-electron chi connectivity index (χ2n) is 12.7. The van der Waals surface area contributed by atoms with Gasteiger partial charge in [-0.2, -0.15) is 0 Å². The van der Waals surface area contributed by atoms with Crippen molar-refractivity contribution in [3.63, 3.8) is 0 Å². The molecule has 2 aliphatic rings. The monoisotopic (exact) mass is 738 g/mol. The van der Waals surface area contributed by atoms with Crippen molar-refractivity contribution in [2.75, 3.05) is 26.9 Å². The van der Waals surface area contributed by atoms with E-state index in [-0.39, 0.29) is 33.8 Å². The van der Waals surface area contributed by atoms with Gasteiger partial charge in [0.05, 0.1) is 38.8 Å². The van der Waals surface area contributed by atoms with Crippen molar-refractivity contribution in [3.05, 3.63) is 46.6 Å². The molecular formula is C33H38O19. The number of aliphatic carboxylic acids is 1. The predicted octanol–water partition coefficient (Wildman–Crippen LogP) is -1.31. The number of fused-ring (bicyclic) bond motifs is 1. The lowest BCUT2D eigenvalue weighted by Gasteiger charge is -2.42. The van der Waals surface area contributed by atoms with Crippen LogP contribution in [0.4, 0.5) is 0 Å². The van der Waals surface area contributed by atoms with E-state index in [9.17, 15) is 55.2 Å². The topological polar surface area (TPSA) is 302 Å². The van der Waals surface area contributed by atoms with Gasteiger partial charge in [0, 0.05) is 17.7 Å². The molecule has 19 nitrogen and oxygen atoms in total. The van der Waals surface area contributed by atoms with Crippen molar-refractivity contribution < 1.29 is 88.4 Å². The number of rotatable bonds is 13. The normalized spacial score (nSPS) is 28.7. The molecule has 2 fully saturated rings. The highest BCUT2D eigenvalue weighted by atomic mass is 16.8. The number of phenols is 2. The van der Waals surface area contributed by atoms with Crippen LogP contribution in [0.3, 0.4) is 0 Å². The molecule has 1 unspecified atom stereocenters. The summed E-state index contributed by atoms with van der Waals surface area (Å²) in [5, 5.41) is 92.5. The van der Waals surface area contributed by atoms with E-state index in [4.69, 9.17) is 37.9 Å². The summed E-state index contributed by atoms with van der Waals surface area (Å²) in [4.78, 5) is 37.6. The maximum atomic E-state index is 14.1. The van der Waals surface area contributed by atoms with Crippen LogP contribution < -0.4 is 14.9 Å². The summed E-state index contributed by atoms with van der Waals surface area (Å²) < 4.78 is 39.2. The lowest BCUT2D eigenvalue weighted by Crippen LogP contribution is -2.62. The molecule has 2 aromatic carbocycles. The molecule has 3 aromatic rings. The maximum Gasteiger partial charge on any atom is 0.308 e. The lowest BCUT2D eigenvalue weighted by atomic mass is 9.97. The number of aliphatic hydroxyl groups is 6. The summed E-state index contributed by atoms with van der Waals surface area (Å²) in [5.41, 5.74) is -5.16. The average molecular weight is 739 g/mol. The summed E-state index contributed by atoms with van der Waals surface area (Å²) >= 11 is 0. The van der Waals surface area contributed by atoms with E-state index in [0.29, 0.717) is 0 Å². The van der Waals surface area contributed by atoms with Gasteiger partial charge in [0.1, 0.15) is 64.8 Å². The van der Waals surface area contributed by atoms with Gasteiger partial charge < -0.3 is 78.8 Å². The Morgan fingerprint density at radius 2 is 1.73 bits per heavy atom. The van der Waals surface area contributed by atoms with Gasteiger partial charge in [-0.05, 0) is 31.2 Å². The summed E-state index contributed by atoms with van der Waals surface area (Å²) in [6, 6.07) is 7.71. The summed E-state index contributed by atoms with van der Waals surface area (Å²) in [7, 11) is 1.32. The van der Waals surface area contributed by atoms with Crippen molar-refractivity contribution in [1.82, 2.24) is 0 Å². The van der Waals surface area contributed by atoms with Crippen LogP contribution in [0.2, 0.25) is 0 Å². The van der Waals surface area contributed by atoms with Gasteiger partial charge >= 0.3 is 11.9 Å². The number of ether oxygens (including phenoxy) is 6. The molecule has 2 saturated heterocycles. The molecule has 0 amide bonds. The third-order valence-corrected chi connectivity index (χ3v) is 8.49. The number of phenolic OH excluding ortho intramolecular Hbond substituents is 2. The van der Waals surface area contributed by atoms with Crippen LogP contribution in [0.25, 0.3) is 22.3 Å². The molecule has 0 radical (unpaired) electrons. The SMILES string of the molecule is COc1cc(O)c2c(=O)c(O[C@@H]3O[C@H](COC(=O)CC(C)(O)CC(=O)O)[C@H](O)[C@H](O)[C@H]3O[C@@H]3OC[C@](O)(CO)[C@H]3O)c(-c3ccc(O)cc3)oc2c1. The van der Waals surface area contributed by atoms with Crippen molar-refractivity contribution in [3.8, 4) is 34.3 Å². The van der Waals surface area contributed by atoms with Crippen molar-refractivity contribution in [2.24, 2.45) is 0 Å². The Hall–Kier alpha value is -4.57. The minimum atomic E-state index is -2.18. The number of esters is 1. The van der Waals surface area contributed by atoms with Crippen LogP contribution in [0.5, 0.6) is 23.0 Å². The van der Waals surface area contributed by atoms with Crippen LogP contribution >= 0.6 is 0 Å². The number of benzene rings is 2. The molecule has 0 aliphatic carbocycles. The molecule has 2 aliphatic heterocycles. The highest BCUT2D eigenvalue weighted by Crippen LogP contribution is 2.39. The molecule has 52 heavy (non-hydrogen) atoms. The highest BCUT2D eigenvalue weighted by Gasteiger charge is 2.54. The number of carbonyl (C=O) groups excluding carboxylic acids is 1. The highest BCUT2D eigenvalue weighted by molar-refractivity contribution is 5.88. The van der Waals surface area contributed by atoms with Gasteiger partial charge in [-0.1, -0.05) is 0 Å². The van der Waals surface area contributed by atoms with Gasteiger partial charge in [-0.3, -0.25) is 14.4 Å². The van der Waals surface area contributed by atoms with E-state index in [1.807, 2.05) is 0 Å². The van der Waals surface area contributed by atoms with Gasteiger partial charge in [0.25, 0.3) is 0 Å². The van der Waals surface area contributed by atoms with Crippen LogP contribution in [0.1, 0.15) is 19.8 Å². The molecule has 5 rings (SSSR count). The number of hydrogen-bond acceptors (Lipinski definition) is 18. The smallest absolute Gasteiger partial charge is 0.308 e. The number of aliphatic hydroxyl groups excluding tert-OH is 4. The molecule has 9 N–H and O–H groups in total. The fourth-order valence-corrected chi connectivity index (χ4v) is 5.67. The van der Waals surface area contributed by atoms with E-state index >= 15 is 0 Å². The van der Waals surface area contributed by atoms with Crippen molar-refractivity contribution in [2.45, 2.75) is 74.1 Å². The third kappa shape index (κ3) is 8.07. The molecule has 0 bridgehead atoms. The number of carbonyl (C=O) groups is 2. The Labute approximate surface area is 293 Å². The minimum absolute atomic E-state index is 0.125. The molecule has 0 spiro atoms. The molecular weight excluding hydrogens is 700 g/mol. The third-order valence-electron chi connectivity index (χ3n) is 8.49. The van der Waals surface area contributed by atoms with Gasteiger partial charge in [0.15, 0.2) is 18.2 Å². The predicted molar refractivity (Wildman–Crippen MR) is 170 cm³/mol. The van der Waals surface area contributed by atoms with Crippen molar-refractivity contribution >= 4 is 22.9 Å². The van der Waals surface area contributed by atoms with E-state index in [1.54, 1.807) is 0 Å². The zero-order valence-corrected chi connectivity index (χ0v) is 27.6. The van der Waals surface area contributed by atoms with E-state index in [0.717, 1.165) is 13.0 Å². The van der Waals surface area contributed by atoms with Crippen LogP contribution in [0.15, 0.2) is 45.6 Å². The fraction of sp³-hybridized carbons (Fsp3) is 0.485. The maximum absolute atomic E-state index is 14.1. The molecule has 0 saturated carbocycles. The molecule has 9 atom stereocenters. The van der Waals surface area contributed by atoms with E-state index in [2.05, 4.69) is 0 Å². The first kappa shape index (κ1) is 38.7. The first-order valence-corrected chi connectivity index (χ1v) is 15.7. The zero-order valence-electron chi connectivity index (χ0n) is 27.6. The summed E-state index contributed by atoms with van der Waals surface area (Å²) in [6.07, 6.45) is -14.7. The fourth-order valence-electron chi connectivity index (χ4n) is 5.67. The zero-order chi connectivity index (χ0) is 38.1. The first-order valence-electron chi connectivity index (χ1n) is 15.7. The number of carboxylic acids is 1. The Balaban J connectivity index is 1.54. The lowest BCUT2D eigenvalue weighted by molar-refractivity contribution is -0.319. The molecule has 19 heteroatoms. The Morgan fingerprint density at radius 3 is 2.35 bits per heavy atom. The molecule has 3 heterocycles. The average Bonchev–Trinajstić information content (AvgIpc) is 3.36. The minimum Gasteiger partial charge on any atom is -0.508 e. The summed E-state index contributed by atoms with van der Waals surface area (Å²) in [5.74, 6) is -4.02. The number of carboxylic acid groups (broad SMARTS) is 1. The number of hydrogen-bond donors (Lipinski definition) is 9. The van der Waals surface area contributed by atoms with E-state index in [1.165, 1.54) is 37.4 Å². The largest absolute Gasteiger partial charge is 0.508 e. The molecule has 284 valence electrons. The first-order chi connectivity index (χ1) is 24.5. The van der Waals surface area contributed by atoms with Crippen molar-refractivity contribution in [1.29, 1.82) is 0 Å². The number of methoxy groups -OCH3 is 1. The second kappa shape index (κ2) is 15.2. The Kier molecular flexibility index (Phi) is 11.3. The second-order valence-corrected chi connectivity index (χ2v) is 12.7. The molecule has 1 aromatic heterocycles. The van der Waals surface area contributed by atoms with Gasteiger partial charge in [-0.15, -0.1) is 0 Å². The standard InChI is InChI=1S/C33H38O19/c1-32(44,9-20(37)38)10-21(39)47-11-19-23(40)25(42)28(52-31-29(43)33(45,12-34)13-48-31)30(50-19)51-27-24(41)22-17(36)7-16(46-2)8-18(22)49-26(27)14-3-5-15(35)6-4-14/h3-8,19,23,25,28-31,34-36,40,42-45H,9-13H2,1-2H3,(H,37,38)/t19-,23+,25+,28-,29+,30+,31+,32?,33-/m1/s1. The van der Waals surface area contributed by atoms with Gasteiger partial charge in [0.2, 0.25) is 17.5 Å². The van der Waals surface area contributed by atoms with E-state index < -0.39 is 116 Å². The quantitative estimate of drug-likeness (QED) is 0.0920. The van der Waals surface area contributed by atoms with Crippen LogP contribution in [-0.2, 0) is 28.5 Å². The van der Waals surface area contributed by atoms with Crippen LogP contribution in [0, 0.1) is 0 Å². The number of aromatic hydroxyl groups is 2. The Bertz CT molecular complexity index is 1820. The van der Waals surface area contributed by atoms with Gasteiger partial charge in [-0.25, -0.2) is 0 Å². The van der Waals surface area contributed by atoms with Crippen LogP contribution in [-0.4, -0.2) is 139 Å².